The number of hydrogen-bond donors (Lipinski definition) is 2. The summed E-state index contributed by atoms with van der Waals surface area (Å²) < 4.78 is 0. The standard InChI is InChI=1S/C25H25N3O2/c29-24(27-21-13-5-2-6-14-21)19-10-9-17-28(18-19)25(30)22-15-7-8-16-23(22)26-20-11-3-1-4-12-20/h1-8,11-16,19,26H,9-10,17-18H2,(H,27,29)/t19-/m1/s1. The maximum absolute atomic E-state index is 13.3. The van der Waals surface area contributed by atoms with Crippen LogP contribution in [0.15, 0.2) is 84.9 Å². The summed E-state index contributed by atoms with van der Waals surface area (Å²) >= 11 is 0. The van der Waals surface area contributed by atoms with Crippen molar-refractivity contribution in [2.75, 3.05) is 23.7 Å². The van der Waals surface area contributed by atoms with Gasteiger partial charge in [-0.3, -0.25) is 9.59 Å². The molecule has 0 radical (unpaired) electrons. The van der Waals surface area contributed by atoms with Crippen molar-refractivity contribution in [3.05, 3.63) is 90.5 Å². The molecule has 5 heteroatoms. The molecular weight excluding hydrogens is 374 g/mol. The molecule has 1 heterocycles. The molecule has 0 bridgehead atoms. The van der Waals surface area contributed by atoms with Crippen LogP contribution in [0.4, 0.5) is 17.1 Å². The van der Waals surface area contributed by atoms with Crippen LogP contribution in [0.25, 0.3) is 0 Å². The molecule has 1 aliphatic heterocycles. The highest BCUT2D eigenvalue weighted by molar-refractivity contribution is 6.01. The summed E-state index contributed by atoms with van der Waals surface area (Å²) in [5.74, 6) is -0.294. The van der Waals surface area contributed by atoms with Crippen LogP contribution >= 0.6 is 0 Å². The highest BCUT2D eigenvalue weighted by Crippen LogP contribution is 2.25. The maximum Gasteiger partial charge on any atom is 0.255 e. The number of hydrogen-bond acceptors (Lipinski definition) is 3. The molecule has 0 aliphatic carbocycles. The van der Waals surface area contributed by atoms with Gasteiger partial charge in [-0.2, -0.15) is 0 Å². The zero-order valence-corrected chi connectivity index (χ0v) is 16.8. The highest BCUT2D eigenvalue weighted by Gasteiger charge is 2.29. The van der Waals surface area contributed by atoms with E-state index in [1.165, 1.54) is 0 Å². The van der Waals surface area contributed by atoms with E-state index in [-0.39, 0.29) is 17.7 Å². The fourth-order valence-electron chi connectivity index (χ4n) is 3.77. The SMILES string of the molecule is O=C(Nc1ccccc1)[C@@H]1CCCN(C(=O)c2ccccc2Nc2ccccc2)C1. The van der Waals surface area contributed by atoms with Gasteiger partial charge in [-0.1, -0.05) is 48.5 Å². The Labute approximate surface area is 176 Å². The van der Waals surface area contributed by atoms with Gasteiger partial charge >= 0.3 is 0 Å². The van der Waals surface area contributed by atoms with Gasteiger partial charge in [0.2, 0.25) is 5.91 Å². The number of likely N-dealkylation sites (tertiary alicyclic amines) is 1. The Morgan fingerprint density at radius 1 is 0.800 bits per heavy atom. The van der Waals surface area contributed by atoms with Crippen LogP contribution in [-0.2, 0) is 4.79 Å². The van der Waals surface area contributed by atoms with Crippen molar-refractivity contribution in [1.82, 2.24) is 4.90 Å². The number of benzene rings is 3. The van der Waals surface area contributed by atoms with Gasteiger partial charge in [-0.05, 0) is 49.2 Å². The second-order valence-corrected chi connectivity index (χ2v) is 7.48. The first-order chi connectivity index (χ1) is 14.7. The van der Waals surface area contributed by atoms with E-state index in [1.54, 1.807) is 4.90 Å². The Hall–Kier alpha value is -3.60. The average molecular weight is 399 g/mol. The third-order valence-electron chi connectivity index (χ3n) is 5.33. The molecular formula is C25H25N3O2. The summed E-state index contributed by atoms with van der Waals surface area (Å²) in [5.41, 5.74) is 3.09. The van der Waals surface area contributed by atoms with Gasteiger partial charge < -0.3 is 15.5 Å². The number of amides is 2. The smallest absolute Gasteiger partial charge is 0.255 e. The average Bonchev–Trinajstić information content (AvgIpc) is 2.80. The van der Waals surface area contributed by atoms with Crippen LogP contribution in [0, 0.1) is 5.92 Å². The van der Waals surface area contributed by atoms with Gasteiger partial charge in [-0.15, -0.1) is 0 Å². The number of para-hydroxylation sites is 3. The molecule has 3 aromatic carbocycles. The normalized spacial score (nSPS) is 16.0. The topological polar surface area (TPSA) is 61.4 Å². The molecule has 0 saturated carbocycles. The molecule has 0 spiro atoms. The molecule has 3 aromatic rings. The fourth-order valence-corrected chi connectivity index (χ4v) is 3.77. The third-order valence-corrected chi connectivity index (χ3v) is 5.33. The summed E-state index contributed by atoms with van der Waals surface area (Å²) in [7, 11) is 0. The van der Waals surface area contributed by atoms with Crippen LogP contribution in [0.3, 0.4) is 0 Å². The first-order valence-corrected chi connectivity index (χ1v) is 10.3. The summed E-state index contributed by atoms with van der Waals surface area (Å²) in [4.78, 5) is 27.8. The lowest BCUT2D eigenvalue weighted by Crippen LogP contribution is -2.43. The minimum absolute atomic E-state index is 0.0330. The Bertz CT molecular complexity index is 1010. The minimum atomic E-state index is -0.211. The van der Waals surface area contributed by atoms with Crippen LogP contribution in [0.5, 0.6) is 0 Å². The van der Waals surface area contributed by atoms with E-state index < -0.39 is 0 Å². The number of nitrogens with one attached hydrogen (secondary N) is 2. The molecule has 1 atom stereocenters. The van der Waals surface area contributed by atoms with Crippen molar-refractivity contribution in [2.24, 2.45) is 5.92 Å². The Balaban J connectivity index is 1.46. The molecule has 0 unspecified atom stereocenters. The van der Waals surface area contributed by atoms with E-state index in [9.17, 15) is 9.59 Å². The van der Waals surface area contributed by atoms with Gasteiger partial charge in [0.1, 0.15) is 0 Å². The maximum atomic E-state index is 13.3. The van der Waals surface area contributed by atoms with Crippen molar-refractivity contribution in [1.29, 1.82) is 0 Å². The Kier molecular flexibility index (Phi) is 6.09. The summed E-state index contributed by atoms with van der Waals surface area (Å²) in [6.07, 6.45) is 1.60. The molecule has 2 N–H and O–H groups in total. The third kappa shape index (κ3) is 4.69. The summed E-state index contributed by atoms with van der Waals surface area (Å²) in [6.45, 7) is 1.09. The molecule has 1 fully saturated rings. The predicted octanol–water partition coefficient (Wildman–Crippen LogP) is 4.92. The lowest BCUT2D eigenvalue weighted by atomic mass is 9.96. The number of rotatable bonds is 5. The molecule has 4 rings (SSSR count). The number of nitrogens with zero attached hydrogens (tertiary/aromatic N) is 1. The Morgan fingerprint density at radius 2 is 1.43 bits per heavy atom. The monoisotopic (exact) mass is 399 g/mol. The van der Waals surface area contributed by atoms with Crippen molar-refractivity contribution >= 4 is 28.9 Å². The van der Waals surface area contributed by atoms with E-state index in [0.29, 0.717) is 18.7 Å². The van der Waals surface area contributed by atoms with Gasteiger partial charge in [0.05, 0.1) is 17.2 Å². The van der Waals surface area contributed by atoms with Crippen LogP contribution in [-0.4, -0.2) is 29.8 Å². The predicted molar refractivity (Wildman–Crippen MR) is 120 cm³/mol. The van der Waals surface area contributed by atoms with Gasteiger partial charge in [0, 0.05) is 24.5 Å². The summed E-state index contributed by atoms with van der Waals surface area (Å²) in [5, 5.41) is 6.30. The van der Waals surface area contributed by atoms with Crippen molar-refractivity contribution in [3.8, 4) is 0 Å². The Morgan fingerprint density at radius 3 is 2.17 bits per heavy atom. The van der Waals surface area contributed by atoms with Crippen molar-refractivity contribution in [2.45, 2.75) is 12.8 Å². The van der Waals surface area contributed by atoms with Crippen LogP contribution in [0.2, 0.25) is 0 Å². The first-order valence-electron chi connectivity index (χ1n) is 10.3. The molecule has 0 aromatic heterocycles. The van der Waals surface area contributed by atoms with E-state index in [1.807, 2.05) is 84.9 Å². The van der Waals surface area contributed by atoms with E-state index in [0.717, 1.165) is 29.9 Å². The second kappa shape index (κ2) is 9.27. The van der Waals surface area contributed by atoms with Crippen LogP contribution < -0.4 is 10.6 Å². The fraction of sp³-hybridized carbons (Fsp3) is 0.200. The van der Waals surface area contributed by atoms with E-state index in [4.69, 9.17) is 0 Å². The number of anilines is 3. The second-order valence-electron chi connectivity index (χ2n) is 7.48. The lowest BCUT2D eigenvalue weighted by Gasteiger charge is -2.32. The minimum Gasteiger partial charge on any atom is -0.355 e. The zero-order chi connectivity index (χ0) is 20.8. The van der Waals surface area contributed by atoms with E-state index >= 15 is 0 Å². The molecule has 1 saturated heterocycles. The summed E-state index contributed by atoms with van der Waals surface area (Å²) in [6, 6.07) is 26.7. The van der Waals surface area contributed by atoms with Gasteiger partial charge in [0.15, 0.2) is 0 Å². The van der Waals surface area contributed by atoms with Crippen molar-refractivity contribution in [3.63, 3.8) is 0 Å². The van der Waals surface area contributed by atoms with Crippen molar-refractivity contribution < 1.29 is 9.59 Å². The number of carbonyl (C=O) groups excluding carboxylic acids is 2. The first kappa shape index (κ1) is 19.7. The highest BCUT2D eigenvalue weighted by atomic mass is 16.2. The largest absolute Gasteiger partial charge is 0.355 e. The number of piperidine rings is 1. The molecule has 2 amide bonds. The molecule has 1 aliphatic rings. The quantitative estimate of drug-likeness (QED) is 0.640. The lowest BCUT2D eigenvalue weighted by molar-refractivity contribution is -0.121. The molecule has 152 valence electrons. The molecule has 30 heavy (non-hydrogen) atoms. The van der Waals surface area contributed by atoms with E-state index in [2.05, 4.69) is 10.6 Å². The van der Waals surface area contributed by atoms with Gasteiger partial charge in [-0.25, -0.2) is 0 Å². The molecule has 5 nitrogen and oxygen atoms in total. The number of carbonyl (C=O) groups is 2. The zero-order valence-electron chi connectivity index (χ0n) is 16.8. The van der Waals surface area contributed by atoms with Gasteiger partial charge in [0.25, 0.3) is 5.91 Å². The van der Waals surface area contributed by atoms with Crippen LogP contribution in [0.1, 0.15) is 23.2 Å².